The summed E-state index contributed by atoms with van der Waals surface area (Å²) in [7, 11) is 3.01. The Labute approximate surface area is 204 Å². The van der Waals surface area contributed by atoms with Crippen molar-refractivity contribution in [3.05, 3.63) is 92.1 Å². The quantitative estimate of drug-likeness (QED) is 0.396. The first-order chi connectivity index (χ1) is 16.3. The van der Waals surface area contributed by atoms with Crippen LogP contribution in [-0.2, 0) is 25.4 Å². The minimum absolute atomic E-state index is 0.0720. The number of hydrogen-bond acceptors (Lipinski definition) is 5. The lowest BCUT2D eigenvalue weighted by Crippen LogP contribution is -2.37. The van der Waals surface area contributed by atoms with Gasteiger partial charge in [-0.15, -0.1) is 0 Å². The van der Waals surface area contributed by atoms with Crippen LogP contribution in [0.25, 0.3) is 17.2 Å². The highest BCUT2D eigenvalue weighted by Gasteiger charge is 2.19. The predicted molar refractivity (Wildman–Crippen MR) is 136 cm³/mol. The van der Waals surface area contributed by atoms with Crippen LogP contribution in [0.5, 0.6) is 0 Å². The minimum Gasteiger partial charge on any atom is -0.325 e. The van der Waals surface area contributed by atoms with E-state index in [0.29, 0.717) is 27.9 Å². The number of rotatable bonds is 7. The lowest BCUT2D eigenvalue weighted by molar-refractivity contribution is -0.113. The molecule has 1 amide bonds. The molecule has 0 unspecified atom stereocenters. The van der Waals surface area contributed by atoms with E-state index in [-0.39, 0.29) is 17.3 Å². The van der Waals surface area contributed by atoms with E-state index < -0.39 is 11.2 Å². The molecular formula is C24H22ClN5O3S. The van der Waals surface area contributed by atoms with Crippen molar-refractivity contribution in [2.24, 2.45) is 14.1 Å². The number of benzene rings is 2. The topological polar surface area (TPSA) is 90.9 Å². The number of halogens is 1. The lowest BCUT2D eigenvalue weighted by atomic mass is 10.2. The smallest absolute Gasteiger partial charge is 0.325 e. The van der Waals surface area contributed by atoms with Gasteiger partial charge in [0.15, 0.2) is 16.3 Å². The third kappa shape index (κ3) is 5.00. The van der Waals surface area contributed by atoms with Gasteiger partial charge in [-0.2, -0.15) is 0 Å². The third-order valence-corrected chi connectivity index (χ3v) is 6.40. The third-order valence-electron chi connectivity index (χ3n) is 5.17. The Morgan fingerprint density at radius 2 is 1.76 bits per heavy atom. The molecule has 2 aromatic carbocycles. The number of carbonyl (C=O) groups excluding carboxylic acids is 1. The molecule has 174 valence electrons. The molecule has 0 fully saturated rings. The fourth-order valence-corrected chi connectivity index (χ4v) is 4.36. The number of aromatic nitrogens is 4. The monoisotopic (exact) mass is 495 g/mol. The van der Waals surface area contributed by atoms with Crippen LogP contribution in [0.3, 0.4) is 0 Å². The fourth-order valence-electron chi connectivity index (χ4n) is 3.42. The van der Waals surface area contributed by atoms with Gasteiger partial charge in [-0.25, -0.2) is 9.78 Å². The van der Waals surface area contributed by atoms with Crippen LogP contribution >= 0.6 is 23.4 Å². The molecule has 4 rings (SSSR count). The number of aryl methyl sites for hydroxylation is 1. The molecule has 2 aromatic heterocycles. The molecule has 4 aromatic rings. The Morgan fingerprint density at radius 1 is 1.06 bits per heavy atom. The van der Waals surface area contributed by atoms with E-state index >= 15 is 0 Å². The summed E-state index contributed by atoms with van der Waals surface area (Å²) in [4.78, 5) is 42.4. The first-order valence-electron chi connectivity index (χ1n) is 10.4. The molecule has 0 spiro atoms. The van der Waals surface area contributed by atoms with Gasteiger partial charge in [0.05, 0.1) is 5.75 Å². The van der Waals surface area contributed by atoms with E-state index in [1.165, 1.54) is 23.4 Å². The SMILES string of the molecule is Cn1c(=O)c2c(nc(SCC(=O)Nc3ccc(Cl)cc3)n2CC=Cc2ccccc2)n(C)c1=O. The molecule has 0 saturated carbocycles. The highest BCUT2D eigenvalue weighted by Crippen LogP contribution is 2.22. The van der Waals surface area contributed by atoms with Crippen LogP contribution in [0, 0.1) is 0 Å². The van der Waals surface area contributed by atoms with Crippen molar-refractivity contribution in [2.75, 3.05) is 11.1 Å². The lowest BCUT2D eigenvalue weighted by Gasteiger charge is -2.08. The van der Waals surface area contributed by atoms with Crippen molar-refractivity contribution in [3.63, 3.8) is 0 Å². The molecule has 34 heavy (non-hydrogen) atoms. The van der Waals surface area contributed by atoms with E-state index in [9.17, 15) is 14.4 Å². The van der Waals surface area contributed by atoms with Crippen LogP contribution in [0.2, 0.25) is 5.02 Å². The molecule has 0 saturated heterocycles. The summed E-state index contributed by atoms with van der Waals surface area (Å²) in [6, 6.07) is 16.6. The number of amides is 1. The van der Waals surface area contributed by atoms with Crippen LogP contribution < -0.4 is 16.6 Å². The molecule has 1 N–H and O–H groups in total. The van der Waals surface area contributed by atoms with Gasteiger partial charge in [0, 0.05) is 31.4 Å². The number of anilines is 1. The van der Waals surface area contributed by atoms with E-state index in [1.54, 1.807) is 35.9 Å². The van der Waals surface area contributed by atoms with Gasteiger partial charge in [-0.3, -0.25) is 18.7 Å². The molecule has 2 heterocycles. The van der Waals surface area contributed by atoms with Crippen LogP contribution in [0.15, 0.2) is 75.4 Å². The predicted octanol–water partition coefficient (Wildman–Crippen LogP) is 3.53. The van der Waals surface area contributed by atoms with Crippen LogP contribution in [0.1, 0.15) is 5.56 Å². The van der Waals surface area contributed by atoms with E-state index in [2.05, 4.69) is 10.3 Å². The number of nitrogens with one attached hydrogen (secondary N) is 1. The molecule has 0 bridgehead atoms. The molecule has 8 nitrogen and oxygen atoms in total. The second-order valence-corrected chi connectivity index (χ2v) is 8.92. The zero-order chi connectivity index (χ0) is 24.2. The first kappa shape index (κ1) is 23.6. The molecule has 0 radical (unpaired) electrons. The molecule has 0 aliphatic rings. The largest absolute Gasteiger partial charge is 0.332 e. The number of fused-ring (bicyclic) bond motifs is 1. The number of imidazole rings is 1. The van der Waals surface area contributed by atoms with E-state index in [0.717, 1.165) is 10.1 Å². The number of allylic oxidation sites excluding steroid dienone is 1. The maximum Gasteiger partial charge on any atom is 0.332 e. The fraction of sp³-hybridized carbons (Fsp3) is 0.167. The minimum atomic E-state index is -0.459. The zero-order valence-electron chi connectivity index (χ0n) is 18.6. The summed E-state index contributed by atoms with van der Waals surface area (Å²) in [6.45, 7) is 0.347. The van der Waals surface area contributed by atoms with Crippen molar-refractivity contribution in [1.29, 1.82) is 0 Å². The summed E-state index contributed by atoms with van der Waals surface area (Å²) in [5.74, 6) is -0.157. The molecule has 0 aliphatic carbocycles. The Bertz CT molecular complexity index is 1490. The Hall–Kier alpha value is -3.56. The average molecular weight is 496 g/mol. The Morgan fingerprint density at radius 3 is 2.47 bits per heavy atom. The van der Waals surface area contributed by atoms with Crippen LogP contribution in [0.4, 0.5) is 5.69 Å². The summed E-state index contributed by atoms with van der Waals surface area (Å²) in [6.07, 6.45) is 3.86. The van der Waals surface area contributed by atoms with Gasteiger partial charge in [-0.1, -0.05) is 65.8 Å². The van der Waals surface area contributed by atoms with Crippen molar-refractivity contribution in [3.8, 4) is 0 Å². The number of nitrogens with zero attached hydrogens (tertiary/aromatic N) is 4. The molecular weight excluding hydrogens is 474 g/mol. The Balaban J connectivity index is 1.64. The molecule has 10 heteroatoms. The van der Waals surface area contributed by atoms with Gasteiger partial charge in [0.25, 0.3) is 5.56 Å². The van der Waals surface area contributed by atoms with Crippen molar-refractivity contribution in [1.82, 2.24) is 18.7 Å². The standard InChI is InChI=1S/C24H22ClN5O3S/c1-28-21-20(22(32)29(2)24(28)33)30(14-6-9-16-7-4-3-5-8-16)23(27-21)34-15-19(31)26-18-12-10-17(25)11-13-18/h3-13H,14-15H2,1-2H3,(H,26,31). The van der Waals surface area contributed by atoms with Gasteiger partial charge in [0.1, 0.15) is 0 Å². The first-order valence-corrected chi connectivity index (χ1v) is 11.8. The number of hydrogen-bond donors (Lipinski definition) is 1. The normalized spacial score (nSPS) is 11.4. The Kier molecular flexibility index (Phi) is 7.04. The van der Waals surface area contributed by atoms with Crippen molar-refractivity contribution >= 4 is 52.2 Å². The van der Waals surface area contributed by atoms with Crippen molar-refractivity contribution < 1.29 is 4.79 Å². The van der Waals surface area contributed by atoms with Gasteiger partial charge in [0.2, 0.25) is 5.91 Å². The maximum absolute atomic E-state index is 12.9. The molecule has 0 aliphatic heterocycles. The second kappa shape index (κ2) is 10.1. The zero-order valence-corrected chi connectivity index (χ0v) is 20.1. The highest BCUT2D eigenvalue weighted by molar-refractivity contribution is 7.99. The maximum atomic E-state index is 12.9. The average Bonchev–Trinajstić information content (AvgIpc) is 3.21. The summed E-state index contributed by atoms with van der Waals surface area (Å²) < 4.78 is 4.13. The van der Waals surface area contributed by atoms with Crippen molar-refractivity contribution in [2.45, 2.75) is 11.7 Å². The van der Waals surface area contributed by atoms with Gasteiger partial charge in [-0.05, 0) is 29.8 Å². The molecule has 0 atom stereocenters. The van der Waals surface area contributed by atoms with Gasteiger partial charge < -0.3 is 9.88 Å². The van der Waals surface area contributed by atoms with Crippen LogP contribution in [-0.4, -0.2) is 30.3 Å². The highest BCUT2D eigenvalue weighted by atomic mass is 35.5. The summed E-state index contributed by atoms with van der Waals surface area (Å²) in [5, 5.41) is 3.86. The summed E-state index contributed by atoms with van der Waals surface area (Å²) in [5.41, 5.74) is 1.34. The van der Waals surface area contributed by atoms with Gasteiger partial charge >= 0.3 is 5.69 Å². The van der Waals surface area contributed by atoms with E-state index in [4.69, 9.17) is 11.6 Å². The number of carbonyl (C=O) groups is 1. The number of thioether (sulfide) groups is 1. The van der Waals surface area contributed by atoms with E-state index in [1.807, 2.05) is 42.5 Å². The summed E-state index contributed by atoms with van der Waals surface area (Å²) >= 11 is 7.08. The second-order valence-electron chi connectivity index (χ2n) is 7.54.